The molecule has 0 fully saturated rings. The van der Waals surface area contributed by atoms with E-state index in [1.807, 2.05) is 18.2 Å². The van der Waals surface area contributed by atoms with E-state index in [0.717, 1.165) is 216 Å². The number of hydrogen-bond donors (Lipinski definition) is 0. The Morgan fingerprint density at radius 1 is 0.187 bits per heavy atom. The van der Waals surface area contributed by atoms with E-state index in [-0.39, 0.29) is 0 Å². The van der Waals surface area contributed by atoms with Crippen molar-refractivity contribution in [3.05, 3.63) is 425 Å². The Morgan fingerprint density at radius 3 is 0.805 bits per heavy atom. The van der Waals surface area contributed by atoms with Crippen molar-refractivity contribution in [2.45, 2.75) is 0 Å². The molecule has 25 rings (SSSR count). The maximum absolute atomic E-state index is 7.03. The van der Waals surface area contributed by atoms with Crippen LogP contribution in [0.4, 0.5) is 51.2 Å². The van der Waals surface area contributed by atoms with E-state index in [1.165, 1.54) is 0 Å². The number of para-hydroxylation sites is 12. The normalized spacial score (nSPS) is 11.9. The molecule has 7 aromatic heterocycles. The first kappa shape index (κ1) is 69.4. The number of anilines is 9. The fourth-order valence-corrected chi connectivity index (χ4v) is 19.1. The monoisotopic (exact) mass is 1570 g/mol. The number of nitrogens with zero attached hydrogens (tertiary/aromatic N) is 8. The van der Waals surface area contributed by atoms with Gasteiger partial charge in [-0.15, -0.1) is 0 Å². The van der Waals surface area contributed by atoms with Crippen LogP contribution in [-0.2, 0) is 0 Å². The van der Waals surface area contributed by atoms with Crippen LogP contribution in [0.2, 0.25) is 0 Å². The molecule has 11 nitrogen and oxygen atoms in total. The molecule has 0 N–H and O–H groups in total. The highest BCUT2D eigenvalue weighted by atomic mass is 16.3. The van der Waals surface area contributed by atoms with E-state index < -0.39 is 0 Å². The van der Waals surface area contributed by atoms with Crippen LogP contribution in [0.25, 0.3) is 182 Å². The Bertz CT molecular complexity index is 7760. The minimum atomic E-state index is 0.525. The smallest absolute Gasteiger partial charge is 0.160 e. The van der Waals surface area contributed by atoms with E-state index in [1.54, 1.807) is 0 Å². The first-order valence-corrected chi connectivity index (χ1v) is 41.6. The SMILES string of the molecule is c1ccc(-n2c3ccccc3c3cc(N(c4cccc(-c5cc(-c6cccc(N(c7ccc8c(c7)c7ccccc7n8-c7ccccc7)c7cccc8c7oc7ccccc78)c6)nc(-c6cccc(N(c7ccc8c(c7)c7ccccc7n8-c7ccccc7)c7cccc8c7oc7ccccc78)c6)n5)c4)c4cccc5c4oc4ccccc45)ccc32)cc1. The van der Waals surface area contributed by atoms with Crippen LogP contribution in [0.1, 0.15) is 0 Å². The fourth-order valence-electron chi connectivity index (χ4n) is 19.1. The molecular formula is C112H70N8O3. The van der Waals surface area contributed by atoms with Gasteiger partial charge in [-0.3, -0.25) is 0 Å². The van der Waals surface area contributed by atoms with Crippen molar-refractivity contribution < 1.29 is 13.3 Å². The van der Waals surface area contributed by atoms with Crippen LogP contribution in [0, 0.1) is 0 Å². The van der Waals surface area contributed by atoms with Crippen molar-refractivity contribution >= 4 is 182 Å². The summed E-state index contributed by atoms with van der Waals surface area (Å²) < 4.78 is 28.2. The second-order valence-electron chi connectivity index (χ2n) is 31.5. The maximum atomic E-state index is 7.03. The first-order valence-electron chi connectivity index (χ1n) is 41.6. The van der Waals surface area contributed by atoms with Crippen molar-refractivity contribution in [3.8, 4) is 51.0 Å². The lowest BCUT2D eigenvalue weighted by molar-refractivity contribution is 0.668. The molecule has 576 valence electrons. The van der Waals surface area contributed by atoms with Crippen molar-refractivity contribution in [1.29, 1.82) is 0 Å². The maximum Gasteiger partial charge on any atom is 0.160 e. The third kappa shape index (κ3) is 11.2. The van der Waals surface area contributed by atoms with Gasteiger partial charge in [0.1, 0.15) is 16.7 Å². The van der Waals surface area contributed by atoms with Gasteiger partial charge in [0, 0.05) is 133 Å². The lowest BCUT2D eigenvalue weighted by Gasteiger charge is -2.27. The summed E-state index contributed by atoms with van der Waals surface area (Å²) in [6.45, 7) is 0. The quantitative estimate of drug-likeness (QED) is 0.100. The van der Waals surface area contributed by atoms with Gasteiger partial charge in [0.2, 0.25) is 0 Å². The topological polar surface area (TPSA) is 89.7 Å². The summed E-state index contributed by atoms with van der Waals surface area (Å²) in [6, 6.07) is 151. The molecule has 0 saturated heterocycles. The molecule has 0 saturated carbocycles. The highest BCUT2D eigenvalue weighted by Crippen LogP contribution is 2.51. The Hall–Kier alpha value is -16.8. The largest absolute Gasteiger partial charge is 0.454 e. The van der Waals surface area contributed by atoms with Crippen molar-refractivity contribution in [2.24, 2.45) is 0 Å². The molecule has 0 bridgehead atoms. The van der Waals surface area contributed by atoms with Crippen molar-refractivity contribution in [2.75, 3.05) is 14.7 Å². The summed E-state index contributed by atoms with van der Waals surface area (Å²) in [6.07, 6.45) is 0. The molecule has 0 atom stereocenters. The Kier molecular flexibility index (Phi) is 15.8. The Labute approximate surface area is 705 Å². The minimum absolute atomic E-state index is 0.525. The number of fused-ring (bicyclic) bond motifs is 18. The van der Waals surface area contributed by atoms with E-state index in [4.69, 9.17) is 23.2 Å². The van der Waals surface area contributed by atoms with Crippen LogP contribution in [0.5, 0.6) is 0 Å². The van der Waals surface area contributed by atoms with Gasteiger partial charge >= 0.3 is 0 Å². The molecule has 0 aliphatic rings. The van der Waals surface area contributed by atoms with E-state index in [9.17, 15) is 0 Å². The summed E-state index contributed by atoms with van der Waals surface area (Å²) in [5.41, 5.74) is 26.8. The summed E-state index contributed by atoms with van der Waals surface area (Å²) in [5.74, 6) is 0.525. The summed E-state index contributed by atoms with van der Waals surface area (Å²) in [4.78, 5) is 18.7. The van der Waals surface area contributed by atoms with Gasteiger partial charge in [-0.05, 0) is 188 Å². The van der Waals surface area contributed by atoms with E-state index in [2.05, 4.69) is 435 Å². The van der Waals surface area contributed by atoms with Gasteiger partial charge in [0.25, 0.3) is 0 Å². The van der Waals surface area contributed by atoms with Crippen LogP contribution < -0.4 is 14.7 Å². The molecule has 7 heterocycles. The predicted molar refractivity (Wildman–Crippen MR) is 507 cm³/mol. The van der Waals surface area contributed by atoms with Gasteiger partial charge < -0.3 is 41.7 Å². The molecule has 0 amide bonds. The summed E-state index contributed by atoms with van der Waals surface area (Å²) >= 11 is 0. The zero-order chi connectivity index (χ0) is 80.7. The summed E-state index contributed by atoms with van der Waals surface area (Å²) in [7, 11) is 0. The third-order valence-electron chi connectivity index (χ3n) is 24.5. The van der Waals surface area contributed by atoms with Gasteiger partial charge in [-0.2, -0.15) is 0 Å². The van der Waals surface area contributed by atoms with Crippen molar-refractivity contribution in [1.82, 2.24) is 23.7 Å². The fraction of sp³-hybridized carbons (Fsp3) is 0. The number of benzene rings is 18. The molecular weight excluding hydrogens is 1510 g/mol. The second kappa shape index (κ2) is 28.0. The predicted octanol–water partition coefficient (Wildman–Crippen LogP) is 30.9. The average Bonchev–Trinajstić information content (AvgIpc) is 1.60. The van der Waals surface area contributed by atoms with Crippen LogP contribution in [-0.4, -0.2) is 23.7 Å². The molecule has 0 unspecified atom stereocenters. The van der Waals surface area contributed by atoms with E-state index >= 15 is 0 Å². The Morgan fingerprint density at radius 2 is 0.455 bits per heavy atom. The highest BCUT2D eigenvalue weighted by Gasteiger charge is 2.28. The zero-order valence-electron chi connectivity index (χ0n) is 66.2. The highest BCUT2D eigenvalue weighted by molar-refractivity contribution is 6.17. The van der Waals surface area contributed by atoms with Crippen LogP contribution >= 0.6 is 0 Å². The number of aromatic nitrogens is 5. The molecule has 18 aromatic carbocycles. The standard InChI is InChI=1S/C112H70N8O3/c1-4-31-74(32-5-1)118-97-49-16-10-40-83(97)92-67-80(58-61-100(92)118)115(103-52-25-46-89-86-43-13-19-55-106(86)121-109(89)103)77-37-22-28-71(64-77)95-70-96(72-29-23-38-78(65-72)116(104-53-26-47-90-87-44-14-20-56-107(87)122-110(90)104)81-59-62-101-93(68-81)84-41-11-17-50-98(84)119(101)75-33-6-2-7-34-75)114-112(113-95)73-30-24-39-79(66-73)117(105-54-27-48-91-88-45-15-21-57-108(88)123-111(91)105)82-60-63-102-94(69-82)85-42-12-18-51-99(85)120(102)76-35-8-3-9-36-76/h1-70H. The number of rotatable bonds is 15. The average molecular weight is 1580 g/mol. The van der Waals surface area contributed by atoms with Gasteiger partial charge in [0.15, 0.2) is 22.6 Å². The van der Waals surface area contributed by atoms with Crippen LogP contribution in [0.3, 0.4) is 0 Å². The molecule has 25 aromatic rings. The molecule has 0 spiro atoms. The summed E-state index contributed by atoms with van der Waals surface area (Å²) in [5, 5.41) is 13.0. The number of hydrogen-bond acceptors (Lipinski definition) is 8. The van der Waals surface area contributed by atoms with Crippen molar-refractivity contribution in [3.63, 3.8) is 0 Å². The lowest BCUT2D eigenvalue weighted by atomic mass is 10.0. The third-order valence-corrected chi connectivity index (χ3v) is 24.5. The van der Waals surface area contributed by atoms with Gasteiger partial charge in [-0.1, -0.05) is 237 Å². The van der Waals surface area contributed by atoms with Crippen LogP contribution in [0.15, 0.2) is 438 Å². The molecule has 11 heteroatoms. The van der Waals surface area contributed by atoms with Gasteiger partial charge in [-0.25, -0.2) is 9.97 Å². The lowest BCUT2D eigenvalue weighted by Crippen LogP contribution is -2.11. The molecule has 123 heavy (non-hydrogen) atoms. The minimum Gasteiger partial charge on any atom is -0.454 e. The molecule has 0 aliphatic heterocycles. The Balaban J connectivity index is 0.708. The second-order valence-corrected chi connectivity index (χ2v) is 31.5. The van der Waals surface area contributed by atoms with E-state index in [0.29, 0.717) is 17.2 Å². The zero-order valence-corrected chi connectivity index (χ0v) is 66.2. The van der Waals surface area contributed by atoms with Gasteiger partial charge in [0.05, 0.1) is 61.6 Å². The first-order chi connectivity index (χ1) is 61.0. The molecule has 0 aliphatic carbocycles. The number of furan rings is 3. The molecule has 0 radical (unpaired) electrons.